The highest BCUT2D eigenvalue weighted by atomic mass is 32.2. The molecule has 1 aromatic carbocycles. The van der Waals surface area contributed by atoms with Crippen LogP contribution in [0.4, 0.5) is 5.69 Å². The average molecular weight is 250 g/mol. The number of nitrogens with two attached hydrogens (primary N) is 1. The summed E-state index contributed by atoms with van der Waals surface area (Å²) in [4.78, 5) is 11.8. The van der Waals surface area contributed by atoms with E-state index in [0.29, 0.717) is 12.5 Å². The number of rotatable bonds is 3. The molecule has 1 atom stereocenters. The van der Waals surface area contributed by atoms with Gasteiger partial charge in [0.05, 0.1) is 6.42 Å². The normalized spacial score (nSPS) is 19.9. The summed E-state index contributed by atoms with van der Waals surface area (Å²) in [6.07, 6.45) is 2.76. The molecule has 3 N–H and O–H groups in total. The summed E-state index contributed by atoms with van der Waals surface area (Å²) in [5.41, 5.74) is 7.35. The first-order valence-corrected chi connectivity index (χ1v) is 7.11. The third-order valence-corrected chi connectivity index (χ3v) is 4.09. The maximum absolute atomic E-state index is 11.8. The molecule has 0 aliphatic carbocycles. The van der Waals surface area contributed by atoms with Crippen LogP contribution in [0.5, 0.6) is 0 Å². The number of hydrogen-bond acceptors (Lipinski definition) is 3. The molecule has 0 saturated carbocycles. The number of thioether (sulfide) groups is 1. The monoisotopic (exact) mass is 250 g/mol. The second-order valence-electron chi connectivity index (χ2n) is 4.40. The number of carbonyl (C=O) groups excluding carboxylic acids is 1. The van der Waals surface area contributed by atoms with Gasteiger partial charge >= 0.3 is 0 Å². The summed E-state index contributed by atoms with van der Waals surface area (Å²) in [5, 5.41) is 3.09. The van der Waals surface area contributed by atoms with Gasteiger partial charge in [-0.25, -0.2) is 0 Å². The Kier molecular flexibility index (Phi) is 4.31. The first-order chi connectivity index (χ1) is 8.24. The fourth-order valence-corrected chi connectivity index (χ4v) is 3.03. The lowest BCUT2D eigenvalue weighted by molar-refractivity contribution is -0.121. The Morgan fingerprint density at radius 2 is 2.18 bits per heavy atom. The van der Waals surface area contributed by atoms with E-state index in [-0.39, 0.29) is 5.91 Å². The van der Waals surface area contributed by atoms with Crippen molar-refractivity contribution in [2.45, 2.75) is 25.3 Å². The zero-order valence-electron chi connectivity index (χ0n) is 9.82. The van der Waals surface area contributed by atoms with Crippen LogP contribution in [0, 0.1) is 0 Å². The van der Waals surface area contributed by atoms with E-state index in [4.69, 9.17) is 5.73 Å². The Morgan fingerprint density at radius 1 is 1.41 bits per heavy atom. The smallest absolute Gasteiger partial charge is 0.224 e. The van der Waals surface area contributed by atoms with Gasteiger partial charge in [0.25, 0.3) is 0 Å². The minimum Gasteiger partial charge on any atom is -0.399 e. The lowest BCUT2D eigenvalue weighted by Gasteiger charge is -2.22. The van der Waals surface area contributed by atoms with E-state index < -0.39 is 0 Å². The van der Waals surface area contributed by atoms with Gasteiger partial charge < -0.3 is 11.1 Å². The van der Waals surface area contributed by atoms with Crippen molar-refractivity contribution in [2.75, 3.05) is 17.2 Å². The van der Waals surface area contributed by atoms with Crippen LogP contribution in [0.2, 0.25) is 0 Å². The van der Waals surface area contributed by atoms with Gasteiger partial charge in [-0.1, -0.05) is 12.1 Å². The molecule has 1 aliphatic heterocycles. The Bertz CT molecular complexity index is 372. The number of carbonyl (C=O) groups is 1. The van der Waals surface area contributed by atoms with Crippen molar-refractivity contribution >= 4 is 23.4 Å². The van der Waals surface area contributed by atoms with Gasteiger partial charge in [-0.2, -0.15) is 11.8 Å². The van der Waals surface area contributed by atoms with Gasteiger partial charge in [0.2, 0.25) is 5.91 Å². The highest BCUT2D eigenvalue weighted by Gasteiger charge is 2.15. The van der Waals surface area contributed by atoms with Gasteiger partial charge in [-0.15, -0.1) is 0 Å². The molecule has 3 nitrogen and oxygen atoms in total. The van der Waals surface area contributed by atoms with Crippen LogP contribution in [0.25, 0.3) is 0 Å². The first kappa shape index (κ1) is 12.3. The predicted octanol–water partition coefficient (Wildman–Crippen LogP) is 1.82. The molecule has 1 aromatic rings. The minimum absolute atomic E-state index is 0.113. The second kappa shape index (κ2) is 5.96. The fourth-order valence-electron chi connectivity index (χ4n) is 1.95. The zero-order valence-corrected chi connectivity index (χ0v) is 10.6. The van der Waals surface area contributed by atoms with E-state index in [9.17, 15) is 4.79 Å². The summed E-state index contributed by atoms with van der Waals surface area (Å²) < 4.78 is 0. The Morgan fingerprint density at radius 3 is 2.82 bits per heavy atom. The van der Waals surface area contributed by atoms with Crippen molar-refractivity contribution in [3.63, 3.8) is 0 Å². The molecule has 4 heteroatoms. The van der Waals surface area contributed by atoms with Crippen molar-refractivity contribution in [3.05, 3.63) is 29.8 Å². The third kappa shape index (κ3) is 3.97. The van der Waals surface area contributed by atoms with Gasteiger partial charge in [-0.3, -0.25) is 4.79 Å². The standard InChI is InChI=1S/C13H18N2OS/c14-11-5-3-10(4-6-11)8-13(16)15-12-2-1-7-17-9-12/h3-6,12H,1-2,7-9,14H2,(H,15,16). The van der Waals surface area contributed by atoms with E-state index >= 15 is 0 Å². The molecule has 0 radical (unpaired) electrons. The minimum atomic E-state index is 0.113. The Balaban J connectivity index is 1.82. The van der Waals surface area contributed by atoms with E-state index in [1.807, 2.05) is 36.0 Å². The van der Waals surface area contributed by atoms with Gasteiger partial charge in [-0.05, 0) is 36.3 Å². The lowest BCUT2D eigenvalue weighted by atomic mass is 10.1. The molecule has 1 fully saturated rings. The Labute approximate surface area is 106 Å². The van der Waals surface area contributed by atoms with Crippen LogP contribution < -0.4 is 11.1 Å². The molecule has 92 valence electrons. The molecule has 0 aromatic heterocycles. The summed E-state index contributed by atoms with van der Waals surface area (Å²) in [6, 6.07) is 7.84. The molecular formula is C13H18N2OS. The number of nitrogens with one attached hydrogen (secondary N) is 1. The average Bonchev–Trinajstić information content (AvgIpc) is 2.33. The molecule has 1 unspecified atom stereocenters. The molecular weight excluding hydrogens is 232 g/mol. The van der Waals surface area contributed by atoms with Crippen molar-refractivity contribution in [1.82, 2.24) is 5.32 Å². The van der Waals surface area contributed by atoms with Crippen LogP contribution in [-0.4, -0.2) is 23.5 Å². The summed E-state index contributed by atoms with van der Waals surface area (Å²) >= 11 is 1.92. The number of hydrogen-bond donors (Lipinski definition) is 2. The van der Waals surface area contributed by atoms with E-state index in [1.165, 1.54) is 12.2 Å². The van der Waals surface area contributed by atoms with Crippen molar-refractivity contribution in [2.24, 2.45) is 0 Å². The quantitative estimate of drug-likeness (QED) is 0.805. The highest BCUT2D eigenvalue weighted by Crippen LogP contribution is 2.17. The van der Waals surface area contributed by atoms with Crippen molar-refractivity contribution in [3.8, 4) is 0 Å². The molecule has 1 amide bonds. The van der Waals surface area contributed by atoms with Crippen LogP contribution in [0.3, 0.4) is 0 Å². The van der Waals surface area contributed by atoms with Gasteiger partial charge in [0, 0.05) is 17.5 Å². The largest absolute Gasteiger partial charge is 0.399 e. The summed E-state index contributed by atoms with van der Waals surface area (Å²) in [6.45, 7) is 0. The topological polar surface area (TPSA) is 55.1 Å². The fraction of sp³-hybridized carbons (Fsp3) is 0.462. The summed E-state index contributed by atoms with van der Waals surface area (Å²) in [7, 11) is 0. The van der Waals surface area contributed by atoms with Crippen LogP contribution in [0.15, 0.2) is 24.3 Å². The molecule has 2 rings (SSSR count). The number of nitrogen functional groups attached to an aromatic ring is 1. The second-order valence-corrected chi connectivity index (χ2v) is 5.55. The number of amides is 1. The lowest BCUT2D eigenvalue weighted by Crippen LogP contribution is -2.39. The molecule has 1 saturated heterocycles. The van der Waals surface area contributed by atoms with Crippen molar-refractivity contribution < 1.29 is 4.79 Å². The number of benzene rings is 1. The molecule has 0 spiro atoms. The molecule has 17 heavy (non-hydrogen) atoms. The SMILES string of the molecule is Nc1ccc(CC(=O)NC2CCCSC2)cc1. The third-order valence-electron chi connectivity index (χ3n) is 2.87. The van der Waals surface area contributed by atoms with Crippen LogP contribution >= 0.6 is 11.8 Å². The van der Waals surface area contributed by atoms with Gasteiger partial charge in [0.1, 0.15) is 0 Å². The maximum Gasteiger partial charge on any atom is 0.224 e. The van der Waals surface area contributed by atoms with E-state index in [0.717, 1.165) is 23.4 Å². The predicted molar refractivity (Wildman–Crippen MR) is 73.0 cm³/mol. The van der Waals surface area contributed by atoms with Crippen LogP contribution in [0.1, 0.15) is 18.4 Å². The summed E-state index contributed by atoms with van der Waals surface area (Å²) in [5.74, 6) is 2.39. The van der Waals surface area contributed by atoms with Crippen molar-refractivity contribution in [1.29, 1.82) is 0 Å². The zero-order chi connectivity index (χ0) is 12.1. The highest BCUT2D eigenvalue weighted by molar-refractivity contribution is 7.99. The Hall–Kier alpha value is -1.16. The molecule has 0 bridgehead atoms. The molecule has 1 aliphatic rings. The maximum atomic E-state index is 11.8. The van der Waals surface area contributed by atoms with Gasteiger partial charge in [0.15, 0.2) is 0 Å². The van der Waals surface area contributed by atoms with E-state index in [1.54, 1.807) is 0 Å². The van der Waals surface area contributed by atoms with Crippen LogP contribution in [-0.2, 0) is 11.2 Å². The first-order valence-electron chi connectivity index (χ1n) is 5.95. The van der Waals surface area contributed by atoms with E-state index in [2.05, 4.69) is 5.32 Å². The number of anilines is 1. The molecule has 1 heterocycles.